The lowest BCUT2D eigenvalue weighted by molar-refractivity contribution is 0.327. The molecule has 0 bridgehead atoms. The molecule has 0 fully saturated rings. The first-order chi connectivity index (χ1) is 27.4. The molecule has 5 aromatic rings. The predicted molar refractivity (Wildman–Crippen MR) is 218 cm³/mol. The number of fused-ring (bicyclic) bond motifs is 8. The number of hydrogen-bond donors (Lipinski definition) is 3. The molecule has 0 atom stereocenters. The Hall–Kier alpha value is -4.15. The lowest BCUT2D eigenvalue weighted by Gasteiger charge is -2.45. The zero-order valence-electron chi connectivity index (χ0n) is 31.7. The highest BCUT2D eigenvalue weighted by molar-refractivity contribution is 7.86. The average molecular weight is 910 g/mol. The van der Waals surface area contributed by atoms with Gasteiger partial charge in [-0.15, -0.1) is 22.7 Å². The summed E-state index contributed by atoms with van der Waals surface area (Å²) in [5.41, 5.74) is 0.378. The van der Waals surface area contributed by atoms with Crippen LogP contribution < -0.4 is 24.8 Å². The van der Waals surface area contributed by atoms with Crippen LogP contribution in [-0.2, 0) is 41.4 Å². The fourth-order valence-electron chi connectivity index (χ4n) is 8.60. The molecule has 3 aromatic carbocycles. The Kier molecular flexibility index (Phi) is 9.83. The third-order valence-electron chi connectivity index (χ3n) is 11.2. The van der Waals surface area contributed by atoms with E-state index in [1.165, 1.54) is 22.7 Å². The summed E-state index contributed by atoms with van der Waals surface area (Å²) in [6, 6.07) is 10.2. The Bertz CT molecular complexity index is 3120. The first kappa shape index (κ1) is 41.6. The number of anilines is 1. The van der Waals surface area contributed by atoms with Crippen molar-refractivity contribution >= 4 is 64.3 Å². The van der Waals surface area contributed by atoms with Crippen molar-refractivity contribution in [3.63, 3.8) is 0 Å². The summed E-state index contributed by atoms with van der Waals surface area (Å²) in [5.74, 6) is -6.28. The minimum atomic E-state index is -5.56. The molecule has 3 N–H and O–H groups in total. The first-order valence-corrected chi connectivity index (χ1v) is 24.5. The average Bonchev–Trinajstić information content (AvgIpc) is 3.82. The van der Waals surface area contributed by atoms with Crippen LogP contribution in [0, 0.1) is 17.5 Å². The molecule has 0 saturated carbocycles. The molecule has 3 aliphatic rings. The van der Waals surface area contributed by atoms with Gasteiger partial charge in [-0.05, 0) is 60.9 Å². The monoisotopic (exact) mass is 909 g/mol. The van der Waals surface area contributed by atoms with Crippen molar-refractivity contribution in [2.75, 3.05) is 29.5 Å². The molecule has 0 radical (unpaired) electrons. The predicted octanol–water partition coefficient (Wildman–Crippen LogP) is 6.51. The van der Waals surface area contributed by atoms with E-state index in [-0.39, 0.29) is 59.9 Å². The number of benzene rings is 3. The summed E-state index contributed by atoms with van der Waals surface area (Å²) in [4.78, 5) is 1.93. The van der Waals surface area contributed by atoms with E-state index in [0.29, 0.717) is 22.2 Å². The second kappa shape index (κ2) is 13.9. The van der Waals surface area contributed by atoms with Crippen LogP contribution in [0.15, 0.2) is 58.1 Å². The van der Waals surface area contributed by atoms with Gasteiger partial charge in [-0.25, -0.2) is 17.7 Å². The van der Waals surface area contributed by atoms with Gasteiger partial charge < -0.3 is 9.64 Å². The number of nitrogens with zero attached hydrogens (tertiary/aromatic N) is 2. The maximum Gasteiger partial charge on any atom is 0.298 e. The van der Waals surface area contributed by atoms with Gasteiger partial charge in [0.2, 0.25) is 5.36 Å². The summed E-state index contributed by atoms with van der Waals surface area (Å²) in [5, 5.41) is 4.24. The molecule has 0 unspecified atom stereocenters. The maximum atomic E-state index is 16.5. The standard InChI is InChI=1S/C39H35F3N2O10S5/c1-38(2)24-7-11-55-35(24)20-15-22-30(18-28(20)43(38)9-5-13-57(45,46)47)54-31-19-29-21(36-25(8-12-56-36)39(3,4)44(29)10-6-14-58(48,49)50)16-23(31)32(22)33-34(42)26(40)17-27(41)37(33)59(51,52)53/h7-8,11-12,15-19H,5-6,9-10,13-14H2,1-4H3,(H2-,45,46,47,48,49,50,51,52,53)/p+1. The van der Waals surface area contributed by atoms with E-state index in [4.69, 9.17) is 4.74 Å². The van der Waals surface area contributed by atoms with E-state index in [0.717, 1.165) is 20.9 Å². The van der Waals surface area contributed by atoms with Gasteiger partial charge in [0.05, 0.1) is 33.6 Å². The molecule has 2 aromatic heterocycles. The van der Waals surface area contributed by atoms with Crippen LogP contribution in [0.2, 0.25) is 0 Å². The molecule has 59 heavy (non-hydrogen) atoms. The molecule has 5 heterocycles. The fraction of sp³-hybridized carbons (Fsp3) is 0.308. The van der Waals surface area contributed by atoms with Crippen LogP contribution in [0.25, 0.3) is 26.5 Å². The van der Waals surface area contributed by atoms with Crippen molar-refractivity contribution < 1.29 is 56.8 Å². The Morgan fingerprint density at radius 2 is 1.37 bits per heavy atom. The van der Waals surface area contributed by atoms with E-state index in [1.54, 1.807) is 24.3 Å². The van der Waals surface area contributed by atoms with E-state index >= 15 is 13.2 Å². The smallest absolute Gasteiger partial charge is 0.298 e. The molecule has 312 valence electrons. The summed E-state index contributed by atoms with van der Waals surface area (Å²) < 4.78 is 158. The maximum absolute atomic E-state index is 16.5. The summed E-state index contributed by atoms with van der Waals surface area (Å²) in [6.45, 7) is 7.96. The number of halogens is 3. The molecule has 3 aliphatic heterocycles. The zero-order chi connectivity index (χ0) is 42.8. The van der Waals surface area contributed by atoms with Crippen molar-refractivity contribution in [1.29, 1.82) is 0 Å². The van der Waals surface area contributed by atoms with Crippen LogP contribution in [0.3, 0.4) is 0 Å². The van der Waals surface area contributed by atoms with Crippen molar-refractivity contribution in [2.45, 2.75) is 56.5 Å². The van der Waals surface area contributed by atoms with Crippen molar-refractivity contribution in [1.82, 2.24) is 4.58 Å². The van der Waals surface area contributed by atoms with Crippen LogP contribution >= 0.6 is 22.7 Å². The summed E-state index contributed by atoms with van der Waals surface area (Å²) in [7, 11) is -14.2. The van der Waals surface area contributed by atoms with Gasteiger partial charge in [-0.3, -0.25) is 13.7 Å². The molecule has 12 nitrogen and oxygen atoms in total. The Morgan fingerprint density at radius 3 is 2.02 bits per heavy atom. The zero-order valence-corrected chi connectivity index (χ0v) is 35.8. The first-order valence-electron chi connectivity index (χ1n) is 18.1. The van der Waals surface area contributed by atoms with Crippen LogP contribution in [0.1, 0.15) is 62.8 Å². The van der Waals surface area contributed by atoms with Gasteiger partial charge in [-0.2, -0.15) is 25.3 Å². The van der Waals surface area contributed by atoms with Gasteiger partial charge in [-0.1, -0.05) is 0 Å². The van der Waals surface area contributed by atoms with Crippen LogP contribution in [-0.4, -0.2) is 63.5 Å². The normalized spacial score (nSPS) is 16.4. The van der Waals surface area contributed by atoms with Gasteiger partial charge in [0.25, 0.3) is 30.4 Å². The topological polar surface area (TPSA) is 179 Å². The van der Waals surface area contributed by atoms with Gasteiger partial charge >= 0.3 is 0 Å². The lowest BCUT2D eigenvalue weighted by Crippen LogP contribution is -2.49. The molecular formula is C39H36F3N2O10S5+. The highest BCUT2D eigenvalue weighted by Gasteiger charge is 2.44. The Labute approximate surface area is 345 Å². The molecule has 0 amide bonds. The Balaban J connectivity index is 1.50. The molecule has 0 spiro atoms. The van der Waals surface area contributed by atoms with Crippen LogP contribution in [0.5, 0.6) is 11.5 Å². The number of thiophene rings is 2. The quantitative estimate of drug-likeness (QED) is 0.0776. The van der Waals surface area contributed by atoms with E-state index in [1.807, 2.05) is 60.1 Å². The third-order valence-corrected chi connectivity index (χ3v) is 15.6. The number of ether oxygens (including phenoxy) is 1. The SMILES string of the molecule is CC1(C)c2ccsc2-c2cc3c(cc2N1CCCS(=O)(=O)O)Oc1cc2c(cc1=C3c1c(F)c(F)cc(F)c1S(=O)(=O)O)-c1sccc1C(C)(C)[N+]=2CCCS(=O)(=O)O. The van der Waals surface area contributed by atoms with Gasteiger partial charge in [0, 0.05) is 82.6 Å². The molecular weight excluding hydrogens is 874 g/mol. The second-order valence-corrected chi connectivity index (χ2v) is 21.9. The van der Waals surface area contributed by atoms with Gasteiger partial charge in [0.1, 0.15) is 28.8 Å². The highest BCUT2D eigenvalue weighted by Crippen LogP contribution is 2.54. The van der Waals surface area contributed by atoms with Crippen molar-refractivity contribution in [2.24, 2.45) is 0 Å². The van der Waals surface area contributed by atoms with Crippen molar-refractivity contribution in [3.8, 4) is 32.4 Å². The van der Waals surface area contributed by atoms with E-state index < -0.39 is 80.8 Å². The number of rotatable bonds is 10. The Morgan fingerprint density at radius 1 is 0.746 bits per heavy atom. The second-order valence-electron chi connectivity index (χ2n) is 15.6. The highest BCUT2D eigenvalue weighted by atomic mass is 32.2. The third kappa shape index (κ3) is 7.00. The molecule has 8 rings (SSSR count). The van der Waals surface area contributed by atoms with Crippen LogP contribution in [0.4, 0.5) is 18.9 Å². The summed E-state index contributed by atoms with van der Waals surface area (Å²) >= 11 is 2.74. The minimum absolute atomic E-state index is 0.00282. The fourth-order valence-corrected chi connectivity index (χ4v) is 12.5. The van der Waals surface area contributed by atoms with Gasteiger partial charge in [0.15, 0.2) is 17.2 Å². The van der Waals surface area contributed by atoms with E-state index in [9.17, 15) is 38.9 Å². The largest absolute Gasteiger partial charge is 0.456 e. The summed E-state index contributed by atoms with van der Waals surface area (Å²) in [6.07, 6.45) is 0.0374. The minimum Gasteiger partial charge on any atom is -0.456 e. The van der Waals surface area contributed by atoms with E-state index in [2.05, 4.69) is 0 Å². The molecule has 0 saturated heterocycles. The lowest BCUT2D eigenvalue weighted by atomic mass is 9.82. The molecule has 20 heteroatoms. The number of hydrogen-bond acceptors (Lipinski definition) is 10. The molecule has 0 aliphatic carbocycles. The van der Waals surface area contributed by atoms with Crippen molar-refractivity contribution in [3.05, 3.63) is 104 Å².